The lowest BCUT2D eigenvalue weighted by Crippen LogP contribution is -2.01. The van der Waals surface area contributed by atoms with Crippen molar-refractivity contribution in [2.24, 2.45) is 0 Å². The van der Waals surface area contributed by atoms with Gasteiger partial charge >= 0.3 is 0 Å². The van der Waals surface area contributed by atoms with Crippen LogP contribution >= 0.6 is 0 Å². The molecule has 0 aliphatic carbocycles. The smallest absolute Gasteiger partial charge is 0.188 e. The van der Waals surface area contributed by atoms with E-state index in [1.54, 1.807) is 6.92 Å². The highest BCUT2D eigenvalue weighted by molar-refractivity contribution is 6.08. The number of halogens is 1. The molecule has 0 aromatic heterocycles. The summed E-state index contributed by atoms with van der Waals surface area (Å²) in [5.74, 6) is -0.842. The van der Waals surface area contributed by atoms with Crippen LogP contribution in [0.15, 0.2) is 30.4 Å². The van der Waals surface area contributed by atoms with E-state index in [1.807, 2.05) is 0 Å². The summed E-state index contributed by atoms with van der Waals surface area (Å²) in [7, 11) is 0. The molecule has 0 bridgehead atoms. The summed E-state index contributed by atoms with van der Waals surface area (Å²) in [6.07, 6.45) is 0. The van der Waals surface area contributed by atoms with Crippen molar-refractivity contribution in [3.05, 3.63) is 41.7 Å². The van der Waals surface area contributed by atoms with Gasteiger partial charge in [0.25, 0.3) is 0 Å². The number of nitrogens with two attached hydrogens (primary N) is 1. The van der Waals surface area contributed by atoms with Crippen LogP contribution in [0, 0.1) is 5.82 Å². The number of allylic oxidation sites excluding steroid dienone is 1. The van der Waals surface area contributed by atoms with Gasteiger partial charge < -0.3 is 5.73 Å². The quantitative estimate of drug-likeness (QED) is 0.429. The second kappa shape index (κ2) is 3.39. The minimum atomic E-state index is -0.577. The lowest BCUT2D eigenvalue weighted by Gasteiger charge is -2.01. The van der Waals surface area contributed by atoms with E-state index in [-0.39, 0.29) is 17.0 Å². The first kappa shape index (κ1) is 9.45. The molecule has 0 saturated carbocycles. The molecule has 0 heterocycles. The molecule has 0 amide bonds. The molecule has 68 valence electrons. The van der Waals surface area contributed by atoms with Crippen molar-refractivity contribution in [2.75, 3.05) is 5.73 Å². The van der Waals surface area contributed by atoms with Gasteiger partial charge in [-0.05, 0) is 30.7 Å². The van der Waals surface area contributed by atoms with E-state index in [0.717, 1.165) is 6.07 Å². The number of hydrogen-bond acceptors (Lipinski definition) is 2. The number of nitrogen functional groups attached to an aromatic ring is 1. The summed E-state index contributed by atoms with van der Waals surface area (Å²) in [5, 5.41) is 0. The number of rotatable bonds is 2. The van der Waals surface area contributed by atoms with Crippen LogP contribution in [0.5, 0.6) is 0 Å². The van der Waals surface area contributed by atoms with E-state index >= 15 is 0 Å². The number of carbonyl (C=O) groups excluding carboxylic acids is 1. The molecule has 3 heteroatoms. The molecular formula is C10H10FNO. The van der Waals surface area contributed by atoms with Gasteiger partial charge in [0.05, 0.1) is 5.69 Å². The normalized spacial score (nSPS) is 9.69. The molecular weight excluding hydrogens is 169 g/mol. The topological polar surface area (TPSA) is 43.1 Å². The van der Waals surface area contributed by atoms with Gasteiger partial charge in [-0.3, -0.25) is 4.79 Å². The molecule has 2 N–H and O–H groups in total. The Kier molecular flexibility index (Phi) is 2.46. The van der Waals surface area contributed by atoms with E-state index in [2.05, 4.69) is 6.58 Å². The zero-order valence-corrected chi connectivity index (χ0v) is 7.30. The average Bonchev–Trinajstić information content (AvgIpc) is 2.08. The van der Waals surface area contributed by atoms with Gasteiger partial charge in [0, 0.05) is 5.56 Å². The zero-order valence-electron chi connectivity index (χ0n) is 7.30. The molecule has 0 unspecified atom stereocenters. The minimum absolute atomic E-state index is 0.0401. The largest absolute Gasteiger partial charge is 0.396 e. The van der Waals surface area contributed by atoms with Gasteiger partial charge in [0.2, 0.25) is 0 Å². The number of carbonyl (C=O) groups is 1. The number of ketones is 1. The van der Waals surface area contributed by atoms with Gasteiger partial charge in [-0.15, -0.1) is 0 Å². The molecule has 0 aliphatic heterocycles. The Morgan fingerprint density at radius 3 is 2.62 bits per heavy atom. The van der Waals surface area contributed by atoms with Crippen LogP contribution < -0.4 is 5.73 Å². The van der Waals surface area contributed by atoms with Crippen LogP contribution in [-0.4, -0.2) is 5.78 Å². The molecule has 1 aromatic rings. The molecule has 0 saturated heterocycles. The maximum atomic E-state index is 12.9. The van der Waals surface area contributed by atoms with Crippen molar-refractivity contribution in [2.45, 2.75) is 6.92 Å². The third kappa shape index (κ3) is 1.93. The minimum Gasteiger partial charge on any atom is -0.396 e. The van der Waals surface area contributed by atoms with E-state index in [4.69, 9.17) is 5.73 Å². The average molecular weight is 179 g/mol. The third-order valence-electron chi connectivity index (χ3n) is 1.65. The fraction of sp³-hybridized carbons (Fsp3) is 0.100. The SMILES string of the molecule is C=C(C)C(=O)c1ccc(N)c(F)c1. The summed E-state index contributed by atoms with van der Waals surface area (Å²) >= 11 is 0. The molecule has 13 heavy (non-hydrogen) atoms. The monoisotopic (exact) mass is 179 g/mol. The second-order valence-electron chi connectivity index (χ2n) is 2.85. The van der Waals surface area contributed by atoms with Gasteiger partial charge in [-0.25, -0.2) is 4.39 Å². The summed E-state index contributed by atoms with van der Waals surface area (Å²) in [6, 6.07) is 3.97. The second-order valence-corrected chi connectivity index (χ2v) is 2.85. The fourth-order valence-corrected chi connectivity index (χ4v) is 0.915. The van der Waals surface area contributed by atoms with Gasteiger partial charge in [-0.1, -0.05) is 6.58 Å². The van der Waals surface area contributed by atoms with Crippen LogP contribution in [0.4, 0.5) is 10.1 Å². The first-order chi connectivity index (χ1) is 6.02. The van der Waals surface area contributed by atoms with Crippen LogP contribution in [-0.2, 0) is 0 Å². The fourth-order valence-electron chi connectivity index (χ4n) is 0.915. The van der Waals surface area contributed by atoms with E-state index in [0.29, 0.717) is 5.57 Å². The molecule has 0 radical (unpaired) electrons. The van der Waals surface area contributed by atoms with Crippen molar-refractivity contribution >= 4 is 11.5 Å². The van der Waals surface area contributed by atoms with Gasteiger partial charge in [0.1, 0.15) is 5.82 Å². The molecule has 0 fully saturated rings. The number of benzene rings is 1. The van der Waals surface area contributed by atoms with Crippen molar-refractivity contribution < 1.29 is 9.18 Å². The van der Waals surface area contributed by atoms with Crippen molar-refractivity contribution in [3.8, 4) is 0 Å². The summed E-state index contributed by atoms with van der Waals surface area (Å²) in [5.41, 5.74) is 5.95. The lowest BCUT2D eigenvalue weighted by molar-refractivity contribution is 0.103. The Bertz CT molecular complexity index is 371. The number of Topliss-reactive ketones (excluding diaryl/α,β-unsaturated/α-hetero) is 1. The van der Waals surface area contributed by atoms with Crippen LogP contribution in [0.3, 0.4) is 0 Å². The molecule has 1 rings (SSSR count). The Morgan fingerprint density at radius 1 is 1.54 bits per heavy atom. The van der Waals surface area contributed by atoms with Gasteiger partial charge in [-0.2, -0.15) is 0 Å². The lowest BCUT2D eigenvalue weighted by atomic mass is 10.1. The summed E-state index contributed by atoms with van der Waals surface area (Å²) in [4.78, 5) is 11.3. The molecule has 0 aliphatic rings. The zero-order chi connectivity index (χ0) is 10.0. The number of anilines is 1. The Labute approximate surface area is 75.9 Å². The Balaban J connectivity index is 3.11. The molecule has 1 aromatic carbocycles. The molecule has 0 spiro atoms. The van der Waals surface area contributed by atoms with E-state index in [1.165, 1.54) is 12.1 Å². The van der Waals surface area contributed by atoms with Crippen LogP contribution in [0.1, 0.15) is 17.3 Å². The van der Waals surface area contributed by atoms with Crippen LogP contribution in [0.25, 0.3) is 0 Å². The maximum absolute atomic E-state index is 12.9. The van der Waals surface area contributed by atoms with E-state index in [9.17, 15) is 9.18 Å². The number of hydrogen-bond donors (Lipinski definition) is 1. The van der Waals surface area contributed by atoms with Crippen LogP contribution in [0.2, 0.25) is 0 Å². The van der Waals surface area contributed by atoms with Gasteiger partial charge in [0.15, 0.2) is 5.78 Å². The Morgan fingerprint density at radius 2 is 2.15 bits per heavy atom. The highest BCUT2D eigenvalue weighted by Crippen LogP contribution is 2.14. The molecule has 0 atom stereocenters. The van der Waals surface area contributed by atoms with Crippen molar-refractivity contribution in [1.82, 2.24) is 0 Å². The molecule has 2 nitrogen and oxygen atoms in total. The Hall–Kier alpha value is -1.64. The first-order valence-electron chi connectivity index (χ1n) is 3.77. The third-order valence-corrected chi connectivity index (χ3v) is 1.65. The van der Waals surface area contributed by atoms with Crippen molar-refractivity contribution in [1.29, 1.82) is 0 Å². The predicted molar refractivity (Wildman–Crippen MR) is 50.0 cm³/mol. The predicted octanol–water partition coefficient (Wildman–Crippen LogP) is 2.17. The summed E-state index contributed by atoms with van der Waals surface area (Å²) < 4.78 is 12.9. The highest BCUT2D eigenvalue weighted by Gasteiger charge is 2.08. The van der Waals surface area contributed by atoms with E-state index < -0.39 is 5.82 Å². The van der Waals surface area contributed by atoms with Crippen molar-refractivity contribution in [3.63, 3.8) is 0 Å². The summed E-state index contributed by atoms with van der Waals surface area (Å²) in [6.45, 7) is 5.06. The maximum Gasteiger partial charge on any atom is 0.188 e. The first-order valence-corrected chi connectivity index (χ1v) is 3.77. The standard InChI is InChI=1S/C10H10FNO/c1-6(2)10(13)7-3-4-9(12)8(11)5-7/h3-5H,1,12H2,2H3. The highest BCUT2D eigenvalue weighted by atomic mass is 19.1.